The van der Waals surface area contributed by atoms with E-state index in [4.69, 9.17) is 11.0 Å². The van der Waals surface area contributed by atoms with Crippen LogP contribution in [0, 0.1) is 23.0 Å². The third-order valence-electron chi connectivity index (χ3n) is 5.34. The zero-order chi connectivity index (χ0) is 24.4. The molecule has 1 aromatic carbocycles. The maximum Gasteiger partial charge on any atom is 0.162 e. The molecular weight excluding hydrogens is 448 g/mol. The standard InChI is InChI=1S/C22H23F2N7OS/c1-21(2,32)22(3,33-20(26)27-4)8-13-6-14(7-15(23)17(13)24)31-19-18-16(29-11-30-19)5-12(9-25)10-28-18/h5-7,10-11,32H,8H2,1-4H3,(H2,26,27)(H,29,30,31)/t22-/m1/s1. The summed E-state index contributed by atoms with van der Waals surface area (Å²) in [5.41, 5.74) is 5.96. The monoisotopic (exact) mass is 471 g/mol. The molecule has 8 nitrogen and oxygen atoms in total. The number of pyridine rings is 1. The van der Waals surface area contributed by atoms with Gasteiger partial charge in [0.2, 0.25) is 0 Å². The fourth-order valence-corrected chi connectivity index (χ4v) is 4.13. The molecule has 4 N–H and O–H groups in total. The molecule has 0 amide bonds. The maximum atomic E-state index is 14.8. The lowest BCUT2D eigenvalue weighted by atomic mass is 9.85. The molecule has 0 unspecified atom stereocenters. The molecule has 0 radical (unpaired) electrons. The van der Waals surface area contributed by atoms with Crippen LogP contribution in [0.1, 0.15) is 31.9 Å². The Labute approximate surface area is 194 Å². The van der Waals surface area contributed by atoms with Gasteiger partial charge in [0.15, 0.2) is 22.6 Å². The second-order valence-corrected chi connectivity index (χ2v) is 9.64. The van der Waals surface area contributed by atoms with E-state index in [1.807, 2.05) is 6.07 Å². The summed E-state index contributed by atoms with van der Waals surface area (Å²) in [5, 5.41) is 23.0. The van der Waals surface area contributed by atoms with E-state index in [1.54, 1.807) is 26.8 Å². The average molecular weight is 472 g/mol. The summed E-state index contributed by atoms with van der Waals surface area (Å²) >= 11 is 1.09. The van der Waals surface area contributed by atoms with Gasteiger partial charge in [-0.2, -0.15) is 5.26 Å². The topological polar surface area (TPSA) is 133 Å². The van der Waals surface area contributed by atoms with Crippen LogP contribution in [0.4, 0.5) is 20.3 Å². The molecular formula is C22H23F2N7OS. The number of amidine groups is 1. The second-order valence-electron chi connectivity index (χ2n) is 8.11. The van der Waals surface area contributed by atoms with E-state index in [2.05, 4.69) is 25.3 Å². The largest absolute Gasteiger partial charge is 0.389 e. The van der Waals surface area contributed by atoms with Crippen LogP contribution in [-0.4, -0.2) is 42.6 Å². The Kier molecular flexibility index (Phi) is 6.81. The molecule has 0 aliphatic rings. The van der Waals surface area contributed by atoms with E-state index in [1.165, 1.54) is 25.6 Å². The summed E-state index contributed by atoms with van der Waals surface area (Å²) in [5.74, 6) is -1.82. The number of aromatic nitrogens is 3. The van der Waals surface area contributed by atoms with Crippen LogP contribution in [0.2, 0.25) is 0 Å². The summed E-state index contributed by atoms with van der Waals surface area (Å²) < 4.78 is 28.3. The van der Waals surface area contributed by atoms with Gasteiger partial charge in [-0.3, -0.25) is 4.99 Å². The number of nitrogens with zero attached hydrogens (tertiary/aromatic N) is 5. The number of rotatable bonds is 6. The molecule has 1 atom stereocenters. The number of halogens is 2. The summed E-state index contributed by atoms with van der Waals surface area (Å²) in [6, 6.07) is 5.99. The first kappa shape index (κ1) is 24.3. The molecule has 0 aliphatic carbocycles. The van der Waals surface area contributed by atoms with Gasteiger partial charge < -0.3 is 16.2 Å². The van der Waals surface area contributed by atoms with Gasteiger partial charge in [0.05, 0.1) is 21.4 Å². The Morgan fingerprint density at radius 1 is 1.24 bits per heavy atom. The van der Waals surface area contributed by atoms with Crippen molar-refractivity contribution in [3.05, 3.63) is 53.5 Å². The fourth-order valence-electron chi connectivity index (χ4n) is 3.10. The smallest absolute Gasteiger partial charge is 0.162 e. The molecule has 33 heavy (non-hydrogen) atoms. The van der Waals surface area contributed by atoms with Crippen LogP contribution in [0.25, 0.3) is 11.0 Å². The minimum atomic E-state index is -1.30. The van der Waals surface area contributed by atoms with E-state index < -0.39 is 22.0 Å². The van der Waals surface area contributed by atoms with Crippen molar-refractivity contribution in [3.8, 4) is 6.07 Å². The number of benzene rings is 1. The summed E-state index contributed by atoms with van der Waals surface area (Å²) in [6.45, 7) is 4.86. The van der Waals surface area contributed by atoms with E-state index in [-0.39, 0.29) is 28.7 Å². The Morgan fingerprint density at radius 2 is 1.97 bits per heavy atom. The Balaban J connectivity index is 2.02. The average Bonchev–Trinajstić information content (AvgIpc) is 2.76. The Hall–Kier alpha value is -3.36. The quantitative estimate of drug-likeness (QED) is 0.366. The highest BCUT2D eigenvalue weighted by atomic mass is 32.2. The first-order valence-corrected chi connectivity index (χ1v) is 10.7. The highest BCUT2D eigenvalue weighted by molar-refractivity contribution is 8.15. The number of nitriles is 1. The number of aliphatic hydroxyl groups is 1. The molecule has 2 aromatic heterocycles. The van der Waals surface area contributed by atoms with E-state index in [0.29, 0.717) is 16.6 Å². The number of hydrogen-bond acceptors (Lipinski definition) is 8. The predicted octanol–water partition coefficient (Wildman–Crippen LogP) is 3.67. The van der Waals surface area contributed by atoms with E-state index >= 15 is 0 Å². The summed E-state index contributed by atoms with van der Waals surface area (Å²) in [6.07, 6.45) is 2.62. The number of hydrogen-bond donors (Lipinski definition) is 3. The number of aliphatic imine (C=N–C) groups is 1. The number of fused-ring (bicyclic) bond motifs is 1. The maximum absolute atomic E-state index is 14.8. The third-order valence-corrected chi connectivity index (χ3v) is 6.83. The lowest BCUT2D eigenvalue weighted by molar-refractivity contribution is 0.0427. The van der Waals surface area contributed by atoms with Gasteiger partial charge in [-0.25, -0.2) is 23.7 Å². The van der Waals surface area contributed by atoms with Crippen molar-refractivity contribution in [2.24, 2.45) is 10.7 Å². The number of nitrogens with two attached hydrogens (primary N) is 1. The Morgan fingerprint density at radius 3 is 2.61 bits per heavy atom. The van der Waals surface area contributed by atoms with Crippen LogP contribution in [-0.2, 0) is 6.42 Å². The lowest BCUT2D eigenvalue weighted by Crippen LogP contribution is -2.48. The zero-order valence-electron chi connectivity index (χ0n) is 18.5. The fraction of sp³-hybridized carbons (Fsp3) is 0.318. The number of anilines is 2. The second kappa shape index (κ2) is 9.25. The Bertz CT molecular complexity index is 1270. The number of nitrogens with one attached hydrogen (secondary N) is 1. The van der Waals surface area contributed by atoms with Crippen molar-refractivity contribution in [1.82, 2.24) is 15.0 Å². The molecule has 172 valence electrons. The minimum absolute atomic E-state index is 0.0377. The van der Waals surface area contributed by atoms with Crippen molar-refractivity contribution in [3.63, 3.8) is 0 Å². The molecule has 2 heterocycles. The normalized spacial score (nSPS) is 14.1. The molecule has 3 aromatic rings. The van der Waals surface area contributed by atoms with Crippen molar-refractivity contribution < 1.29 is 13.9 Å². The van der Waals surface area contributed by atoms with Crippen LogP contribution >= 0.6 is 11.8 Å². The lowest BCUT2D eigenvalue weighted by Gasteiger charge is -2.39. The van der Waals surface area contributed by atoms with Crippen molar-refractivity contribution >= 4 is 39.5 Å². The highest BCUT2D eigenvalue weighted by Gasteiger charge is 2.42. The number of thioether (sulfide) groups is 1. The van der Waals surface area contributed by atoms with Crippen LogP contribution < -0.4 is 11.1 Å². The molecule has 11 heteroatoms. The van der Waals surface area contributed by atoms with Gasteiger partial charge in [0.1, 0.15) is 17.9 Å². The van der Waals surface area contributed by atoms with Crippen LogP contribution in [0.3, 0.4) is 0 Å². The van der Waals surface area contributed by atoms with Crippen molar-refractivity contribution in [1.29, 1.82) is 5.26 Å². The summed E-state index contributed by atoms with van der Waals surface area (Å²) in [7, 11) is 1.51. The molecule has 0 fully saturated rings. The summed E-state index contributed by atoms with van der Waals surface area (Å²) in [4.78, 5) is 16.4. The first-order chi connectivity index (χ1) is 15.5. The molecule has 0 aliphatic heterocycles. The SMILES string of the molecule is C/N=C(/N)S[C@](C)(Cc1cc(Nc2ncnc3cc(C#N)cnc23)cc(F)c1F)C(C)(C)O. The molecule has 0 spiro atoms. The van der Waals surface area contributed by atoms with Gasteiger partial charge in [0.25, 0.3) is 0 Å². The minimum Gasteiger partial charge on any atom is -0.389 e. The predicted molar refractivity (Wildman–Crippen MR) is 125 cm³/mol. The van der Waals surface area contributed by atoms with Crippen molar-refractivity contribution in [2.75, 3.05) is 12.4 Å². The van der Waals surface area contributed by atoms with E-state index in [9.17, 15) is 13.9 Å². The van der Waals surface area contributed by atoms with Gasteiger partial charge in [-0.05, 0) is 44.9 Å². The van der Waals surface area contributed by atoms with Gasteiger partial charge in [-0.15, -0.1) is 0 Å². The molecule has 0 bridgehead atoms. The van der Waals surface area contributed by atoms with Crippen LogP contribution in [0.15, 0.2) is 35.7 Å². The molecule has 0 saturated heterocycles. The molecule has 0 saturated carbocycles. The van der Waals surface area contributed by atoms with Crippen molar-refractivity contribution in [2.45, 2.75) is 37.5 Å². The molecule has 3 rings (SSSR count). The van der Waals surface area contributed by atoms with Gasteiger partial charge in [-0.1, -0.05) is 11.8 Å². The van der Waals surface area contributed by atoms with Gasteiger partial charge >= 0.3 is 0 Å². The zero-order valence-corrected chi connectivity index (χ0v) is 19.3. The first-order valence-electron chi connectivity index (χ1n) is 9.87. The highest BCUT2D eigenvalue weighted by Crippen LogP contribution is 2.40. The third kappa shape index (κ3) is 5.18. The van der Waals surface area contributed by atoms with Crippen LogP contribution in [0.5, 0.6) is 0 Å². The van der Waals surface area contributed by atoms with Gasteiger partial charge in [0, 0.05) is 25.0 Å². The van der Waals surface area contributed by atoms with E-state index in [0.717, 1.165) is 17.8 Å².